The molecule has 0 aromatic heterocycles. The van der Waals surface area contributed by atoms with Crippen LogP contribution in [0.25, 0.3) is 0 Å². The van der Waals surface area contributed by atoms with Gasteiger partial charge in [0.15, 0.2) is 0 Å². The van der Waals surface area contributed by atoms with Crippen molar-refractivity contribution in [2.24, 2.45) is 11.1 Å². The van der Waals surface area contributed by atoms with Crippen LogP contribution in [-0.4, -0.2) is 42.4 Å². The maximum atomic E-state index is 11.8. The summed E-state index contributed by atoms with van der Waals surface area (Å²) in [6.45, 7) is 7.63. The van der Waals surface area contributed by atoms with Crippen molar-refractivity contribution in [2.45, 2.75) is 46.1 Å². The SMILES string of the molecule is CC(C)(C)C(=O)NCCCC(=O)N1CC[C@@H](N)C1.Cl. The third-order valence-electron chi connectivity index (χ3n) is 3.11. The zero-order valence-electron chi connectivity index (χ0n) is 12.1. The fourth-order valence-corrected chi connectivity index (χ4v) is 1.88. The van der Waals surface area contributed by atoms with E-state index in [0.29, 0.717) is 25.9 Å². The Hall–Kier alpha value is -0.810. The van der Waals surface area contributed by atoms with Gasteiger partial charge < -0.3 is 16.0 Å². The number of nitrogens with zero attached hydrogens (tertiary/aromatic N) is 1. The molecule has 19 heavy (non-hydrogen) atoms. The van der Waals surface area contributed by atoms with Crippen molar-refractivity contribution >= 4 is 24.2 Å². The van der Waals surface area contributed by atoms with E-state index in [4.69, 9.17) is 5.73 Å². The lowest BCUT2D eigenvalue weighted by Crippen LogP contribution is -2.36. The third-order valence-corrected chi connectivity index (χ3v) is 3.11. The van der Waals surface area contributed by atoms with Crippen LogP contribution in [0.2, 0.25) is 0 Å². The van der Waals surface area contributed by atoms with Crippen molar-refractivity contribution in [1.82, 2.24) is 10.2 Å². The molecule has 0 radical (unpaired) electrons. The lowest BCUT2D eigenvalue weighted by atomic mass is 9.96. The molecule has 0 bridgehead atoms. The Morgan fingerprint density at radius 1 is 1.37 bits per heavy atom. The molecule has 0 aromatic carbocycles. The first-order valence-electron chi connectivity index (χ1n) is 6.62. The van der Waals surface area contributed by atoms with Crippen molar-refractivity contribution in [3.05, 3.63) is 0 Å². The second kappa shape index (κ2) is 7.70. The van der Waals surface area contributed by atoms with Gasteiger partial charge in [0.1, 0.15) is 0 Å². The molecule has 1 saturated heterocycles. The monoisotopic (exact) mass is 291 g/mol. The minimum atomic E-state index is -0.369. The Kier molecular flexibility index (Phi) is 7.37. The van der Waals surface area contributed by atoms with E-state index in [9.17, 15) is 9.59 Å². The molecule has 1 atom stereocenters. The van der Waals surface area contributed by atoms with E-state index >= 15 is 0 Å². The summed E-state index contributed by atoms with van der Waals surface area (Å²) in [7, 11) is 0. The van der Waals surface area contributed by atoms with Gasteiger partial charge in [-0.1, -0.05) is 20.8 Å². The first-order valence-corrected chi connectivity index (χ1v) is 6.62. The van der Waals surface area contributed by atoms with E-state index in [2.05, 4.69) is 5.32 Å². The summed E-state index contributed by atoms with van der Waals surface area (Å²) >= 11 is 0. The van der Waals surface area contributed by atoms with Crippen molar-refractivity contribution in [1.29, 1.82) is 0 Å². The molecule has 1 aliphatic rings. The molecule has 0 saturated carbocycles. The standard InChI is InChI=1S/C13H25N3O2.ClH/c1-13(2,3)12(18)15-7-4-5-11(17)16-8-6-10(14)9-16;/h10H,4-9,14H2,1-3H3,(H,15,18);1H/t10-;/m1./s1. The molecule has 6 heteroatoms. The zero-order valence-corrected chi connectivity index (χ0v) is 12.9. The predicted molar refractivity (Wildman–Crippen MR) is 78.1 cm³/mol. The highest BCUT2D eigenvalue weighted by Crippen LogP contribution is 2.12. The average Bonchev–Trinajstić information content (AvgIpc) is 2.69. The molecule has 1 aliphatic heterocycles. The van der Waals surface area contributed by atoms with Crippen LogP contribution < -0.4 is 11.1 Å². The number of halogens is 1. The fraction of sp³-hybridized carbons (Fsp3) is 0.846. The molecule has 3 N–H and O–H groups in total. The maximum Gasteiger partial charge on any atom is 0.225 e. The first kappa shape index (κ1) is 18.2. The second-order valence-corrected chi connectivity index (χ2v) is 6.00. The highest BCUT2D eigenvalue weighted by atomic mass is 35.5. The Morgan fingerprint density at radius 3 is 2.47 bits per heavy atom. The Labute approximate surface area is 121 Å². The van der Waals surface area contributed by atoms with E-state index in [1.54, 1.807) is 0 Å². The van der Waals surface area contributed by atoms with Gasteiger partial charge in [0.25, 0.3) is 0 Å². The molecule has 0 unspecified atom stereocenters. The van der Waals surface area contributed by atoms with Gasteiger partial charge in [0.05, 0.1) is 0 Å². The van der Waals surface area contributed by atoms with Crippen molar-refractivity contribution in [2.75, 3.05) is 19.6 Å². The highest BCUT2D eigenvalue weighted by Gasteiger charge is 2.23. The van der Waals surface area contributed by atoms with Gasteiger partial charge in [-0.25, -0.2) is 0 Å². The summed E-state index contributed by atoms with van der Waals surface area (Å²) < 4.78 is 0. The lowest BCUT2D eigenvalue weighted by molar-refractivity contribution is -0.131. The van der Waals surface area contributed by atoms with E-state index in [1.807, 2.05) is 25.7 Å². The summed E-state index contributed by atoms with van der Waals surface area (Å²) in [6, 6.07) is 0.134. The van der Waals surface area contributed by atoms with Crippen LogP contribution in [0.15, 0.2) is 0 Å². The number of carbonyl (C=O) groups excluding carboxylic acids is 2. The van der Waals surface area contributed by atoms with Gasteiger partial charge in [-0.3, -0.25) is 9.59 Å². The first-order chi connectivity index (χ1) is 8.30. The van der Waals surface area contributed by atoms with Crippen LogP contribution in [0, 0.1) is 5.41 Å². The number of carbonyl (C=O) groups is 2. The maximum absolute atomic E-state index is 11.8. The number of nitrogens with two attached hydrogens (primary N) is 1. The van der Waals surface area contributed by atoms with Crippen LogP contribution in [0.5, 0.6) is 0 Å². The summed E-state index contributed by atoms with van der Waals surface area (Å²) in [5.41, 5.74) is 5.39. The zero-order chi connectivity index (χ0) is 13.8. The van der Waals surface area contributed by atoms with Crippen molar-refractivity contribution < 1.29 is 9.59 Å². The van der Waals surface area contributed by atoms with Gasteiger partial charge >= 0.3 is 0 Å². The molecular weight excluding hydrogens is 266 g/mol. The molecule has 1 fully saturated rings. The van der Waals surface area contributed by atoms with Gasteiger partial charge in [0.2, 0.25) is 11.8 Å². The molecular formula is C13H26ClN3O2. The van der Waals surface area contributed by atoms with Gasteiger partial charge in [-0.2, -0.15) is 0 Å². The van der Waals surface area contributed by atoms with Crippen LogP contribution in [0.1, 0.15) is 40.0 Å². The van der Waals surface area contributed by atoms with E-state index in [0.717, 1.165) is 13.0 Å². The lowest BCUT2D eigenvalue weighted by Gasteiger charge is -2.18. The Balaban J connectivity index is 0.00000324. The molecule has 0 aliphatic carbocycles. The highest BCUT2D eigenvalue weighted by molar-refractivity contribution is 5.85. The number of likely N-dealkylation sites (tertiary alicyclic amines) is 1. The van der Waals surface area contributed by atoms with Crippen LogP contribution >= 0.6 is 12.4 Å². The van der Waals surface area contributed by atoms with E-state index in [-0.39, 0.29) is 35.7 Å². The Morgan fingerprint density at radius 2 is 2.00 bits per heavy atom. The molecule has 5 nitrogen and oxygen atoms in total. The number of hydrogen-bond acceptors (Lipinski definition) is 3. The second-order valence-electron chi connectivity index (χ2n) is 6.00. The summed E-state index contributed by atoms with van der Waals surface area (Å²) in [4.78, 5) is 25.2. The van der Waals surface area contributed by atoms with Gasteiger partial charge in [0, 0.05) is 37.5 Å². The summed E-state index contributed by atoms with van der Waals surface area (Å²) in [5.74, 6) is 0.172. The molecule has 1 rings (SSSR count). The largest absolute Gasteiger partial charge is 0.356 e. The van der Waals surface area contributed by atoms with Crippen LogP contribution in [0.3, 0.4) is 0 Å². The van der Waals surface area contributed by atoms with Crippen LogP contribution in [0.4, 0.5) is 0 Å². The molecule has 1 heterocycles. The van der Waals surface area contributed by atoms with E-state index < -0.39 is 0 Å². The van der Waals surface area contributed by atoms with Crippen molar-refractivity contribution in [3.8, 4) is 0 Å². The topological polar surface area (TPSA) is 75.4 Å². The normalized spacial score (nSPS) is 18.9. The smallest absolute Gasteiger partial charge is 0.225 e. The Bertz CT molecular complexity index is 316. The molecule has 112 valence electrons. The van der Waals surface area contributed by atoms with Crippen molar-refractivity contribution in [3.63, 3.8) is 0 Å². The quantitative estimate of drug-likeness (QED) is 0.756. The third kappa shape index (κ3) is 6.25. The predicted octanol–water partition coefficient (Wildman–Crippen LogP) is 0.910. The van der Waals surface area contributed by atoms with Gasteiger partial charge in [-0.05, 0) is 12.8 Å². The van der Waals surface area contributed by atoms with Gasteiger partial charge in [-0.15, -0.1) is 12.4 Å². The fourth-order valence-electron chi connectivity index (χ4n) is 1.88. The minimum Gasteiger partial charge on any atom is -0.356 e. The number of hydrogen-bond donors (Lipinski definition) is 2. The number of nitrogens with one attached hydrogen (secondary N) is 1. The average molecular weight is 292 g/mol. The summed E-state index contributed by atoms with van der Waals surface area (Å²) in [6.07, 6.45) is 2.07. The molecule has 0 aromatic rings. The van der Waals surface area contributed by atoms with Crippen LogP contribution in [-0.2, 0) is 9.59 Å². The number of rotatable bonds is 4. The molecule has 2 amide bonds. The number of amides is 2. The molecule has 0 spiro atoms. The summed E-state index contributed by atoms with van der Waals surface area (Å²) in [5, 5.41) is 2.84. The van der Waals surface area contributed by atoms with E-state index in [1.165, 1.54) is 0 Å². The minimum absolute atomic E-state index is 0.